The van der Waals surface area contributed by atoms with E-state index in [1.807, 2.05) is 0 Å². The summed E-state index contributed by atoms with van der Waals surface area (Å²) in [5.74, 6) is 0. The molecule has 0 bridgehead atoms. The predicted molar refractivity (Wildman–Crippen MR) is 97.0 cm³/mol. The van der Waals surface area contributed by atoms with E-state index in [9.17, 15) is 0 Å². The van der Waals surface area contributed by atoms with Crippen LogP contribution in [0.3, 0.4) is 0 Å². The van der Waals surface area contributed by atoms with Crippen molar-refractivity contribution < 1.29 is 0 Å². The Morgan fingerprint density at radius 3 is 2.10 bits per heavy atom. The van der Waals surface area contributed by atoms with Crippen molar-refractivity contribution in [3.8, 4) is 0 Å². The summed E-state index contributed by atoms with van der Waals surface area (Å²) in [5.41, 5.74) is 3.24. The normalized spacial score (nSPS) is 21.9. The van der Waals surface area contributed by atoms with Gasteiger partial charge in [0.2, 0.25) is 0 Å². The van der Waals surface area contributed by atoms with Gasteiger partial charge in [0.1, 0.15) is 0 Å². The zero-order valence-electron chi connectivity index (χ0n) is 14.9. The number of allylic oxidation sites excluding steroid dienone is 4. The molecule has 0 N–H and O–H groups in total. The molecule has 0 aromatic heterocycles. The summed E-state index contributed by atoms with van der Waals surface area (Å²) >= 11 is -1.59. The van der Waals surface area contributed by atoms with Crippen molar-refractivity contribution in [2.24, 2.45) is 0 Å². The van der Waals surface area contributed by atoms with Crippen LogP contribution in [0, 0.1) is 0 Å². The molecule has 1 aliphatic rings. The van der Waals surface area contributed by atoms with Gasteiger partial charge in [-0.3, -0.25) is 0 Å². The van der Waals surface area contributed by atoms with Crippen molar-refractivity contribution in [1.82, 2.24) is 9.80 Å². The average molecular weight is 392 g/mol. The standard InChI is InChI=1S/C12H19N2.2C3H7.In/c1-13(2)9-11-6-5-7-12(8-11)10-14(3)4;2*1-3-2;/h5-6,8-10H,7H2,1-4H3;2*1,3H2,2H3;/b11-9-,12-10+;;;. The van der Waals surface area contributed by atoms with Crippen LogP contribution in [-0.2, 0) is 0 Å². The molecule has 0 saturated heterocycles. The molecule has 0 aromatic rings. The Bertz CT molecular complexity index is 388. The molecule has 2 nitrogen and oxygen atoms in total. The molecule has 0 amide bonds. The van der Waals surface area contributed by atoms with Gasteiger partial charge in [-0.2, -0.15) is 0 Å². The summed E-state index contributed by atoms with van der Waals surface area (Å²) in [6.45, 7) is 4.73. The number of hydrogen-bond acceptors (Lipinski definition) is 2. The maximum absolute atomic E-state index is 2.40. The first-order valence-corrected chi connectivity index (χ1v) is 15.0. The molecule has 1 aliphatic carbocycles. The van der Waals surface area contributed by atoms with Crippen LogP contribution < -0.4 is 0 Å². The summed E-state index contributed by atoms with van der Waals surface area (Å²) in [6, 6.07) is 0. The third kappa shape index (κ3) is 6.14. The Kier molecular flexibility index (Phi) is 8.62. The van der Waals surface area contributed by atoms with Gasteiger partial charge >= 0.3 is 140 Å². The van der Waals surface area contributed by atoms with E-state index in [4.69, 9.17) is 0 Å². The minimum atomic E-state index is -1.59. The predicted octanol–water partition coefficient (Wildman–Crippen LogP) is 4.52. The molecule has 3 heteroatoms. The molecule has 0 saturated carbocycles. The van der Waals surface area contributed by atoms with E-state index >= 15 is 0 Å². The Labute approximate surface area is 140 Å². The van der Waals surface area contributed by atoms with Gasteiger partial charge in [0.05, 0.1) is 0 Å². The third-order valence-electron chi connectivity index (χ3n) is 4.04. The molecule has 0 fully saturated rings. The van der Waals surface area contributed by atoms with Crippen LogP contribution in [0.1, 0.15) is 33.1 Å². The molecule has 1 rings (SSSR count). The maximum atomic E-state index is 2.40. The van der Waals surface area contributed by atoms with Gasteiger partial charge < -0.3 is 0 Å². The van der Waals surface area contributed by atoms with E-state index in [1.165, 1.54) is 21.2 Å². The fourth-order valence-electron chi connectivity index (χ4n) is 3.46. The Hall–Kier alpha value is -0.310. The van der Waals surface area contributed by atoms with Crippen LogP contribution in [0.4, 0.5) is 0 Å². The van der Waals surface area contributed by atoms with Crippen molar-refractivity contribution in [3.05, 3.63) is 35.7 Å². The van der Waals surface area contributed by atoms with Gasteiger partial charge in [-0.15, -0.1) is 0 Å². The summed E-state index contributed by atoms with van der Waals surface area (Å²) in [6.07, 6.45) is 13.4. The van der Waals surface area contributed by atoms with E-state index in [0.717, 1.165) is 10.1 Å². The van der Waals surface area contributed by atoms with E-state index in [-0.39, 0.29) is 0 Å². The van der Waals surface area contributed by atoms with E-state index in [1.54, 1.807) is 11.1 Å². The van der Waals surface area contributed by atoms with Crippen molar-refractivity contribution in [2.75, 3.05) is 28.2 Å². The van der Waals surface area contributed by atoms with Crippen LogP contribution in [0.15, 0.2) is 35.7 Å². The fourth-order valence-corrected chi connectivity index (χ4v) is 14.9. The number of rotatable bonds is 7. The van der Waals surface area contributed by atoms with Gasteiger partial charge in [0, 0.05) is 0 Å². The SMILES string of the molecule is CC[CH2][In]([CH2]CC)[CH]1/C(=C\N(C)C)C=CC/C1=C\N(C)C. The van der Waals surface area contributed by atoms with E-state index in [0.29, 0.717) is 0 Å². The Balaban J connectivity index is 3.18. The quantitative estimate of drug-likeness (QED) is 0.629. The van der Waals surface area contributed by atoms with Crippen LogP contribution in [0.5, 0.6) is 0 Å². The Morgan fingerprint density at radius 1 is 1.05 bits per heavy atom. The average Bonchev–Trinajstić information content (AvgIpc) is 2.37. The second-order valence-electron chi connectivity index (χ2n) is 6.68. The molecule has 0 heterocycles. The van der Waals surface area contributed by atoms with Crippen molar-refractivity contribution in [1.29, 1.82) is 0 Å². The zero-order valence-corrected chi connectivity index (χ0v) is 18.2. The molecule has 118 valence electrons. The first kappa shape index (κ1) is 18.7. The van der Waals surface area contributed by atoms with Gasteiger partial charge in [-0.25, -0.2) is 0 Å². The van der Waals surface area contributed by atoms with Crippen molar-refractivity contribution >= 4 is 21.4 Å². The molecule has 0 spiro atoms. The van der Waals surface area contributed by atoms with Gasteiger partial charge in [-0.05, 0) is 0 Å². The second kappa shape index (κ2) is 9.66. The summed E-state index contributed by atoms with van der Waals surface area (Å²) < 4.78 is 3.86. The first-order valence-electron chi connectivity index (χ1n) is 8.41. The Morgan fingerprint density at radius 2 is 1.62 bits per heavy atom. The number of hydrogen-bond donors (Lipinski definition) is 0. The van der Waals surface area contributed by atoms with Crippen LogP contribution in [0.25, 0.3) is 0 Å². The summed E-state index contributed by atoms with van der Waals surface area (Å²) in [7, 11) is 8.60. The van der Waals surface area contributed by atoms with E-state index < -0.39 is 21.4 Å². The van der Waals surface area contributed by atoms with Crippen molar-refractivity contribution in [2.45, 2.75) is 45.1 Å². The topological polar surface area (TPSA) is 6.48 Å². The summed E-state index contributed by atoms with van der Waals surface area (Å²) in [5, 5.41) is 0. The molecule has 0 radical (unpaired) electrons. The van der Waals surface area contributed by atoms with Gasteiger partial charge in [-0.1, -0.05) is 0 Å². The first-order chi connectivity index (χ1) is 9.99. The second-order valence-corrected chi connectivity index (χ2v) is 16.2. The molecule has 1 unspecified atom stereocenters. The zero-order chi connectivity index (χ0) is 15.8. The summed E-state index contributed by atoms with van der Waals surface area (Å²) in [4.78, 5) is 4.45. The molecule has 1 atom stereocenters. The monoisotopic (exact) mass is 392 g/mol. The number of nitrogens with zero attached hydrogens (tertiary/aromatic N) is 2. The van der Waals surface area contributed by atoms with Crippen LogP contribution in [-0.4, -0.2) is 59.4 Å². The van der Waals surface area contributed by atoms with Gasteiger partial charge in [0.15, 0.2) is 0 Å². The molecular weight excluding hydrogens is 359 g/mol. The van der Waals surface area contributed by atoms with Crippen molar-refractivity contribution in [3.63, 3.8) is 0 Å². The third-order valence-corrected chi connectivity index (χ3v) is 16.6. The molecule has 0 aromatic carbocycles. The fraction of sp³-hybridized carbons (Fsp3) is 0.667. The van der Waals surface area contributed by atoms with Gasteiger partial charge in [0.25, 0.3) is 0 Å². The van der Waals surface area contributed by atoms with Crippen LogP contribution >= 0.6 is 0 Å². The molecular formula is C18H33InN2. The van der Waals surface area contributed by atoms with Crippen LogP contribution in [0.2, 0.25) is 12.0 Å². The minimum absolute atomic E-state index is 0.793. The molecule has 21 heavy (non-hydrogen) atoms. The molecule has 0 aliphatic heterocycles. The van der Waals surface area contributed by atoms with E-state index in [2.05, 4.69) is 76.4 Å².